The molecule has 216 valence electrons. The van der Waals surface area contributed by atoms with Gasteiger partial charge in [0.1, 0.15) is 7.05 Å². The van der Waals surface area contributed by atoms with Crippen molar-refractivity contribution in [1.82, 2.24) is 8.61 Å². The molecule has 0 bridgehead atoms. The van der Waals surface area contributed by atoms with Gasteiger partial charge in [-0.1, -0.05) is 12.1 Å². The second kappa shape index (κ2) is 11.8. The molecule has 0 fully saturated rings. The molecule has 2 rings (SSSR count). The molecule has 0 aliphatic carbocycles. The number of hydrogen-bond acceptors (Lipinski definition) is 7. The molecule has 0 radical (unpaired) electrons. The zero-order valence-corrected chi connectivity index (χ0v) is 21.6. The van der Waals surface area contributed by atoms with E-state index in [-0.39, 0.29) is 11.4 Å². The summed E-state index contributed by atoms with van der Waals surface area (Å²) in [6.45, 7) is -3.50. The van der Waals surface area contributed by atoms with Gasteiger partial charge in [-0.15, -0.1) is 0 Å². The Labute approximate surface area is 218 Å². The molecule has 2 aromatic rings. The van der Waals surface area contributed by atoms with Crippen LogP contribution < -0.4 is 9.13 Å². The third-order valence-corrected chi connectivity index (χ3v) is 8.32. The molecule has 39 heavy (non-hydrogen) atoms. The Hall–Kier alpha value is -3.32. The fraction of sp³-hybridized carbons (Fsp3) is 0.400. The first kappa shape index (κ1) is 31.9. The molecule has 0 spiro atoms. The highest BCUT2D eigenvalue weighted by molar-refractivity contribution is 7.91. The summed E-state index contributed by atoms with van der Waals surface area (Å²) in [6, 6.07) is 8.23. The Morgan fingerprint density at radius 2 is 1.18 bits per heavy atom. The van der Waals surface area contributed by atoms with Gasteiger partial charge in [-0.2, -0.15) is 47.7 Å². The van der Waals surface area contributed by atoms with E-state index in [0.717, 1.165) is 4.57 Å². The number of aliphatic hydroxyl groups is 1. The molecular weight excluding hydrogens is 586 g/mol. The Kier molecular flexibility index (Phi) is 9.67. The van der Waals surface area contributed by atoms with Crippen molar-refractivity contribution in [1.29, 1.82) is 0 Å². The Bertz CT molecular complexity index is 1430. The standard InChI is InChI=1S/C20H22F6N4O7S2/c1-27-10-4-2-6-15(27)8-12-29(38(34,35)19(21,22)23)17(32)18(33)30(39(36,37)20(24,25)26)13-9-16-7-3-5-11-28(16)14-31/h2-7,10-11,31H,8-9,12-14H2,1H3/q+2. The van der Waals surface area contributed by atoms with Crippen LogP contribution in [0.5, 0.6) is 0 Å². The summed E-state index contributed by atoms with van der Waals surface area (Å²) in [4.78, 5) is 25.5. The third kappa shape index (κ3) is 7.01. The summed E-state index contributed by atoms with van der Waals surface area (Å²) in [5.41, 5.74) is -12.2. The minimum Gasteiger partial charge on any atom is -0.339 e. The molecule has 1 N–H and O–H groups in total. The first-order chi connectivity index (χ1) is 17.9. The van der Waals surface area contributed by atoms with Crippen molar-refractivity contribution in [2.45, 2.75) is 30.6 Å². The van der Waals surface area contributed by atoms with Crippen LogP contribution in [0.25, 0.3) is 0 Å². The van der Waals surface area contributed by atoms with Crippen molar-refractivity contribution in [3.05, 3.63) is 60.2 Å². The number of alkyl halides is 6. The van der Waals surface area contributed by atoms with Crippen LogP contribution in [0.15, 0.2) is 48.8 Å². The van der Waals surface area contributed by atoms with Crippen LogP contribution in [0.4, 0.5) is 26.3 Å². The molecule has 0 atom stereocenters. The minimum absolute atomic E-state index is 0.0287. The summed E-state index contributed by atoms with van der Waals surface area (Å²) < 4.78 is 129. The van der Waals surface area contributed by atoms with Gasteiger partial charge in [0, 0.05) is 37.4 Å². The SMILES string of the molecule is C[n+]1ccccc1CCN(C(=O)C(=O)N(CCc1cccc[n+]1CO)S(=O)(=O)C(F)(F)F)S(=O)(=O)C(F)(F)F. The first-order valence-electron chi connectivity index (χ1n) is 10.6. The molecule has 0 aliphatic heterocycles. The summed E-state index contributed by atoms with van der Waals surface area (Å²) >= 11 is 0. The molecule has 0 saturated carbocycles. The molecule has 0 aromatic carbocycles. The van der Waals surface area contributed by atoms with Crippen LogP contribution in [0.2, 0.25) is 0 Å². The number of aromatic nitrogens is 2. The number of aryl methyl sites for hydroxylation is 1. The van der Waals surface area contributed by atoms with Gasteiger partial charge in [0.2, 0.25) is 6.73 Å². The molecule has 0 aliphatic rings. The lowest BCUT2D eigenvalue weighted by Crippen LogP contribution is -2.55. The smallest absolute Gasteiger partial charge is 0.339 e. The monoisotopic (exact) mass is 608 g/mol. The van der Waals surface area contributed by atoms with E-state index in [1.165, 1.54) is 60.4 Å². The van der Waals surface area contributed by atoms with E-state index < -0.39 is 84.2 Å². The number of rotatable bonds is 9. The maximum atomic E-state index is 13.4. The average molecular weight is 609 g/mol. The van der Waals surface area contributed by atoms with Crippen LogP contribution >= 0.6 is 0 Å². The minimum atomic E-state index is -6.68. The second-order valence-corrected chi connectivity index (χ2v) is 11.5. The molecule has 2 heterocycles. The number of nitrogens with zero attached hydrogens (tertiary/aromatic N) is 4. The fourth-order valence-corrected chi connectivity index (χ4v) is 5.01. The van der Waals surface area contributed by atoms with Crippen LogP contribution in [-0.2, 0) is 56.3 Å². The predicted molar refractivity (Wildman–Crippen MR) is 117 cm³/mol. The number of pyridine rings is 2. The maximum absolute atomic E-state index is 13.4. The lowest BCUT2D eigenvalue weighted by molar-refractivity contribution is -0.736. The van der Waals surface area contributed by atoms with Gasteiger partial charge in [0.05, 0.1) is 12.8 Å². The predicted octanol–water partition coefficient (Wildman–Crippen LogP) is -0.110. The lowest BCUT2D eigenvalue weighted by atomic mass is 10.2. The summed E-state index contributed by atoms with van der Waals surface area (Å²) in [5, 5.41) is 9.33. The van der Waals surface area contributed by atoms with Gasteiger partial charge >= 0.3 is 42.9 Å². The Morgan fingerprint density at radius 1 is 0.769 bits per heavy atom. The molecule has 0 unspecified atom stereocenters. The van der Waals surface area contributed by atoms with Crippen molar-refractivity contribution in [3.8, 4) is 0 Å². The normalized spacial score (nSPS) is 12.7. The molecular formula is C20H22F6N4O7S2+2. The zero-order valence-electron chi connectivity index (χ0n) is 19.9. The molecule has 2 amide bonds. The van der Waals surface area contributed by atoms with E-state index >= 15 is 0 Å². The van der Waals surface area contributed by atoms with Gasteiger partial charge in [0.25, 0.3) is 0 Å². The lowest BCUT2D eigenvalue weighted by Gasteiger charge is -2.27. The summed E-state index contributed by atoms with van der Waals surface area (Å²) in [6.07, 6.45) is 1.32. The van der Waals surface area contributed by atoms with E-state index in [0.29, 0.717) is 0 Å². The van der Waals surface area contributed by atoms with Crippen LogP contribution in [0.3, 0.4) is 0 Å². The van der Waals surface area contributed by atoms with E-state index in [2.05, 4.69) is 0 Å². The van der Waals surface area contributed by atoms with E-state index in [4.69, 9.17) is 0 Å². The number of halogens is 6. The number of sulfonamides is 2. The third-order valence-electron chi connectivity index (χ3n) is 5.29. The number of amides is 2. The first-order valence-corrected chi connectivity index (χ1v) is 13.5. The van der Waals surface area contributed by atoms with E-state index in [1.54, 1.807) is 0 Å². The summed E-state index contributed by atoms with van der Waals surface area (Å²) in [7, 11) is -11.9. The fourth-order valence-electron chi connectivity index (χ4n) is 3.25. The van der Waals surface area contributed by atoms with Crippen molar-refractivity contribution < 1.29 is 67.0 Å². The Morgan fingerprint density at radius 3 is 1.59 bits per heavy atom. The number of hydrogen-bond donors (Lipinski definition) is 1. The van der Waals surface area contributed by atoms with Gasteiger partial charge in [-0.05, 0) is 0 Å². The van der Waals surface area contributed by atoms with Crippen molar-refractivity contribution in [2.75, 3.05) is 13.1 Å². The number of carbonyl (C=O) groups is 2. The molecule has 0 saturated heterocycles. The van der Waals surface area contributed by atoms with Crippen molar-refractivity contribution in [3.63, 3.8) is 0 Å². The van der Waals surface area contributed by atoms with Crippen molar-refractivity contribution in [2.24, 2.45) is 7.05 Å². The van der Waals surface area contributed by atoms with Crippen LogP contribution in [-0.4, -0.2) is 66.5 Å². The number of carbonyl (C=O) groups excluding carboxylic acids is 2. The van der Waals surface area contributed by atoms with Crippen molar-refractivity contribution >= 4 is 31.9 Å². The highest BCUT2D eigenvalue weighted by atomic mass is 32.2. The van der Waals surface area contributed by atoms with Crippen LogP contribution in [0.1, 0.15) is 11.4 Å². The van der Waals surface area contributed by atoms with E-state index in [1.807, 2.05) is 0 Å². The zero-order chi connectivity index (χ0) is 29.8. The van der Waals surface area contributed by atoms with Gasteiger partial charge < -0.3 is 5.11 Å². The largest absolute Gasteiger partial charge is 0.516 e. The van der Waals surface area contributed by atoms with Gasteiger partial charge in [-0.3, -0.25) is 9.59 Å². The topological polar surface area (TPSA) is 137 Å². The van der Waals surface area contributed by atoms with Gasteiger partial charge in [-0.25, -0.2) is 13.2 Å². The maximum Gasteiger partial charge on any atom is 0.516 e. The van der Waals surface area contributed by atoms with Crippen LogP contribution in [0, 0.1) is 0 Å². The van der Waals surface area contributed by atoms with E-state index in [9.17, 15) is 57.9 Å². The highest BCUT2D eigenvalue weighted by Gasteiger charge is 2.57. The molecule has 11 nitrogen and oxygen atoms in total. The highest BCUT2D eigenvalue weighted by Crippen LogP contribution is 2.30. The molecule has 2 aromatic heterocycles. The van der Waals surface area contributed by atoms with Gasteiger partial charge in [0.15, 0.2) is 23.8 Å². The number of aliphatic hydroxyl groups excluding tert-OH is 1. The average Bonchev–Trinajstić information content (AvgIpc) is 2.83. The summed E-state index contributed by atoms with van der Waals surface area (Å²) in [5.74, 6) is -5.34. The quantitative estimate of drug-likeness (QED) is 0.238. The second-order valence-electron chi connectivity index (χ2n) is 7.76. The Balaban J connectivity index is 2.53. The molecule has 19 heteroatoms.